The maximum absolute atomic E-state index is 9.03. The molecule has 0 aliphatic carbocycles. The molecule has 5 heteroatoms. The number of rotatable bonds is 4. The van der Waals surface area contributed by atoms with Crippen LogP contribution in [0.3, 0.4) is 0 Å². The Labute approximate surface area is 112 Å². The van der Waals surface area contributed by atoms with E-state index in [2.05, 4.69) is 26.7 Å². The first-order chi connectivity index (χ1) is 9.19. The van der Waals surface area contributed by atoms with Crippen molar-refractivity contribution in [2.24, 2.45) is 0 Å². The van der Waals surface area contributed by atoms with Gasteiger partial charge in [0, 0.05) is 12.1 Å². The van der Waals surface area contributed by atoms with Crippen molar-refractivity contribution in [3.63, 3.8) is 0 Å². The number of anilines is 3. The van der Waals surface area contributed by atoms with Gasteiger partial charge in [-0.1, -0.05) is 12.1 Å². The molecule has 2 rings (SSSR count). The van der Waals surface area contributed by atoms with Gasteiger partial charge in [0.05, 0.1) is 11.3 Å². The van der Waals surface area contributed by atoms with E-state index in [9.17, 15) is 0 Å². The van der Waals surface area contributed by atoms with Crippen molar-refractivity contribution < 1.29 is 0 Å². The minimum absolute atomic E-state index is 0.300. The van der Waals surface area contributed by atoms with Crippen LogP contribution in [0.1, 0.15) is 19.4 Å². The summed E-state index contributed by atoms with van der Waals surface area (Å²) in [5.41, 5.74) is 1.32. The van der Waals surface area contributed by atoms with Gasteiger partial charge in [-0.15, -0.1) is 0 Å². The molecular formula is C14H15N5. The summed E-state index contributed by atoms with van der Waals surface area (Å²) in [5.74, 6) is 1.41. The van der Waals surface area contributed by atoms with Crippen molar-refractivity contribution in [2.45, 2.75) is 19.9 Å². The molecule has 0 saturated heterocycles. The predicted octanol–water partition coefficient (Wildman–Crippen LogP) is 2.91. The molecule has 2 aromatic rings. The molecule has 19 heavy (non-hydrogen) atoms. The third kappa shape index (κ3) is 3.42. The van der Waals surface area contributed by atoms with Crippen LogP contribution < -0.4 is 10.6 Å². The van der Waals surface area contributed by atoms with E-state index < -0.39 is 0 Å². The first-order valence-electron chi connectivity index (χ1n) is 6.04. The van der Waals surface area contributed by atoms with E-state index in [-0.39, 0.29) is 0 Å². The second-order valence-electron chi connectivity index (χ2n) is 4.37. The van der Waals surface area contributed by atoms with Crippen LogP contribution in [0, 0.1) is 11.3 Å². The highest BCUT2D eigenvalue weighted by molar-refractivity contribution is 5.65. The number of nitriles is 1. The Bertz CT molecular complexity index is 601. The fourth-order valence-electron chi connectivity index (χ4n) is 1.63. The third-order valence-corrected chi connectivity index (χ3v) is 2.41. The SMILES string of the molecule is CC(C)Nc1cc(Nc2ccccc2C#N)ncn1. The molecule has 1 aromatic heterocycles. The van der Waals surface area contributed by atoms with E-state index in [0.717, 1.165) is 11.5 Å². The summed E-state index contributed by atoms with van der Waals surface area (Å²) in [6, 6.07) is 11.6. The van der Waals surface area contributed by atoms with E-state index in [1.165, 1.54) is 6.33 Å². The number of nitrogens with zero attached hydrogens (tertiary/aromatic N) is 3. The molecule has 0 aliphatic heterocycles. The topological polar surface area (TPSA) is 73.6 Å². The zero-order valence-corrected chi connectivity index (χ0v) is 10.9. The smallest absolute Gasteiger partial charge is 0.135 e. The number of hydrogen-bond donors (Lipinski definition) is 2. The quantitative estimate of drug-likeness (QED) is 0.876. The van der Waals surface area contributed by atoms with Gasteiger partial charge < -0.3 is 10.6 Å². The normalized spacial score (nSPS) is 10.0. The van der Waals surface area contributed by atoms with E-state index in [1.807, 2.05) is 38.1 Å². The van der Waals surface area contributed by atoms with Gasteiger partial charge in [-0.25, -0.2) is 9.97 Å². The van der Waals surface area contributed by atoms with Crippen LogP contribution >= 0.6 is 0 Å². The van der Waals surface area contributed by atoms with Gasteiger partial charge in [0.15, 0.2) is 0 Å². The molecule has 0 fully saturated rings. The first kappa shape index (κ1) is 12.8. The Hall–Kier alpha value is -2.61. The molecule has 0 radical (unpaired) electrons. The Morgan fingerprint density at radius 3 is 2.63 bits per heavy atom. The summed E-state index contributed by atoms with van der Waals surface area (Å²) in [6.07, 6.45) is 1.49. The molecule has 5 nitrogen and oxygen atoms in total. The van der Waals surface area contributed by atoms with Crippen LogP contribution in [0.15, 0.2) is 36.7 Å². The van der Waals surface area contributed by atoms with E-state index in [1.54, 1.807) is 6.07 Å². The summed E-state index contributed by atoms with van der Waals surface area (Å²) in [7, 11) is 0. The molecule has 0 aliphatic rings. The van der Waals surface area contributed by atoms with Gasteiger partial charge in [-0.05, 0) is 26.0 Å². The highest BCUT2D eigenvalue weighted by Gasteiger charge is 2.04. The molecule has 0 amide bonds. The molecule has 0 bridgehead atoms. The molecular weight excluding hydrogens is 238 g/mol. The number of nitrogens with one attached hydrogen (secondary N) is 2. The molecule has 0 saturated carbocycles. The van der Waals surface area contributed by atoms with E-state index in [4.69, 9.17) is 5.26 Å². The fraction of sp³-hybridized carbons (Fsp3) is 0.214. The molecule has 1 aromatic carbocycles. The lowest BCUT2D eigenvalue weighted by Gasteiger charge is -2.11. The summed E-state index contributed by atoms with van der Waals surface area (Å²) in [5, 5.41) is 15.4. The zero-order valence-electron chi connectivity index (χ0n) is 10.9. The van der Waals surface area contributed by atoms with Crippen LogP contribution in [0.5, 0.6) is 0 Å². The second kappa shape index (κ2) is 5.83. The Morgan fingerprint density at radius 1 is 1.16 bits per heavy atom. The average Bonchev–Trinajstić information content (AvgIpc) is 2.39. The van der Waals surface area contributed by atoms with Crippen LogP contribution in [0.2, 0.25) is 0 Å². The zero-order chi connectivity index (χ0) is 13.7. The van der Waals surface area contributed by atoms with E-state index >= 15 is 0 Å². The lowest BCUT2D eigenvalue weighted by atomic mass is 10.2. The molecule has 0 spiro atoms. The molecule has 0 atom stereocenters. The average molecular weight is 253 g/mol. The maximum atomic E-state index is 9.03. The standard InChI is InChI=1S/C14H15N5/c1-10(2)18-13-7-14(17-9-16-13)19-12-6-4-3-5-11(12)8-15/h3-7,9-10H,1-2H3,(H2,16,17,18,19). The highest BCUT2D eigenvalue weighted by Crippen LogP contribution is 2.19. The Morgan fingerprint density at radius 2 is 1.89 bits per heavy atom. The first-order valence-corrected chi connectivity index (χ1v) is 6.04. The highest BCUT2D eigenvalue weighted by atomic mass is 15.1. The lowest BCUT2D eigenvalue weighted by molar-refractivity contribution is 0.886. The molecule has 1 heterocycles. The molecule has 2 N–H and O–H groups in total. The maximum Gasteiger partial charge on any atom is 0.135 e. The van der Waals surface area contributed by atoms with Gasteiger partial charge in [0.25, 0.3) is 0 Å². The van der Waals surface area contributed by atoms with Gasteiger partial charge in [-0.3, -0.25) is 0 Å². The van der Waals surface area contributed by atoms with Crippen molar-refractivity contribution in [3.05, 3.63) is 42.2 Å². The van der Waals surface area contributed by atoms with Crippen molar-refractivity contribution >= 4 is 17.3 Å². The monoisotopic (exact) mass is 253 g/mol. The Balaban J connectivity index is 2.22. The van der Waals surface area contributed by atoms with E-state index in [0.29, 0.717) is 17.4 Å². The van der Waals surface area contributed by atoms with Gasteiger partial charge >= 0.3 is 0 Å². The number of aromatic nitrogens is 2. The fourth-order valence-corrected chi connectivity index (χ4v) is 1.63. The van der Waals surface area contributed by atoms with Crippen LogP contribution in [0.25, 0.3) is 0 Å². The summed E-state index contributed by atoms with van der Waals surface area (Å²) in [6.45, 7) is 4.08. The Kier molecular flexibility index (Phi) is 3.94. The summed E-state index contributed by atoms with van der Waals surface area (Å²) < 4.78 is 0. The number of hydrogen-bond acceptors (Lipinski definition) is 5. The third-order valence-electron chi connectivity index (χ3n) is 2.41. The largest absolute Gasteiger partial charge is 0.368 e. The van der Waals surface area contributed by atoms with Crippen molar-refractivity contribution in [3.8, 4) is 6.07 Å². The second-order valence-corrected chi connectivity index (χ2v) is 4.37. The van der Waals surface area contributed by atoms with Crippen LogP contribution in [0.4, 0.5) is 17.3 Å². The van der Waals surface area contributed by atoms with Crippen LogP contribution in [-0.2, 0) is 0 Å². The molecule has 96 valence electrons. The van der Waals surface area contributed by atoms with Crippen LogP contribution in [-0.4, -0.2) is 16.0 Å². The van der Waals surface area contributed by atoms with Gasteiger partial charge in [-0.2, -0.15) is 5.26 Å². The minimum Gasteiger partial charge on any atom is -0.368 e. The molecule has 0 unspecified atom stereocenters. The lowest BCUT2D eigenvalue weighted by Crippen LogP contribution is -2.11. The minimum atomic E-state index is 0.300. The summed E-state index contributed by atoms with van der Waals surface area (Å²) in [4.78, 5) is 8.28. The summed E-state index contributed by atoms with van der Waals surface area (Å²) >= 11 is 0. The van der Waals surface area contributed by atoms with Crippen molar-refractivity contribution in [1.82, 2.24) is 9.97 Å². The number of para-hydroxylation sites is 1. The van der Waals surface area contributed by atoms with Gasteiger partial charge in [0.2, 0.25) is 0 Å². The van der Waals surface area contributed by atoms with Crippen molar-refractivity contribution in [1.29, 1.82) is 5.26 Å². The number of benzene rings is 1. The van der Waals surface area contributed by atoms with Gasteiger partial charge in [0.1, 0.15) is 24.0 Å². The predicted molar refractivity (Wildman–Crippen MR) is 75.2 cm³/mol. The van der Waals surface area contributed by atoms with Crippen molar-refractivity contribution in [2.75, 3.05) is 10.6 Å².